The summed E-state index contributed by atoms with van der Waals surface area (Å²) in [6.45, 7) is 0. The van der Waals surface area contributed by atoms with Crippen molar-refractivity contribution in [3.8, 4) is 0 Å². The molecule has 1 aromatic heterocycles. The van der Waals surface area contributed by atoms with E-state index in [1.165, 1.54) is 47.4 Å². The number of carbonyl (C=O) groups excluding carboxylic acids is 2. The van der Waals surface area contributed by atoms with Crippen LogP contribution in [0, 0.1) is 11.6 Å². The summed E-state index contributed by atoms with van der Waals surface area (Å²) in [5.41, 5.74) is 1.13. The van der Waals surface area contributed by atoms with Gasteiger partial charge in [0, 0.05) is 5.56 Å². The van der Waals surface area contributed by atoms with Crippen LogP contribution in [0.15, 0.2) is 78.4 Å². The van der Waals surface area contributed by atoms with Gasteiger partial charge in [-0.05, 0) is 35.9 Å². The minimum absolute atomic E-state index is 0.127. The van der Waals surface area contributed by atoms with Crippen LogP contribution in [0.4, 0.5) is 13.9 Å². The Bertz CT molecular complexity index is 1400. The van der Waals surface area contributed by atoms with Crippen molar-refractivity contribution >= 4 is 44.1 Å². The Morgan fingerprint density at radius 2 is 1.62 bits per heavy atom. The van der Waals surface area contributed by atoms with Gasteiger partial charge in [0.1, 0.15) is 17.4 Å². The van der Waals surface area contributed by atoms with Crippen molar-refractivity contribution < 1.29 is 23.5 Å². The fraction of sp³-hybridized carbons (Fsp3) is 0.0417. The molecule has 0 bridgehead atoms. The van der Waals surface area contributed by atoms with Gasteiger partial charge in [-0.15, -0.1) is 0 Å². The van der Waals surface area contributed by atoms with Crippen LogP contribution in [-0.4, -0.2) is 21.8 Å². The van der Waals surface area contributed by atoms with Gasteiger partial charge < -0.3 is 5.11 Å². The Hall–Kier alpha value is -3.91. The Morgan fingerprint density at radius 1 is 0.938 bits per heavy atom. The van der Waals surface area contributed by atoms with Gasteiger partial charge in [-0.2, -0.15) is 0 Å². The maximum absolute atomic E-state index is 13.7. The average molecular weight is 448 g/mol. The summed E-state index contributed by atoms with van der Waals surface area (Å²) in [5.74, 6) is -3.03. The van der Waals surface area contributed by atoms with Crippen LogP contribution in [-0.2, 0) is 9.59 Å². The molecule has 1 N–H and O–H groups in total. The number of amides is 1. The second kappa shape index (κ2) is 7.65. The van der Waals surface area contributed by atoms with E-state index >= 15 is 0 Å². The standard InChI is InChI=1S/C24H14F2N2O3S/c25-15-8-6-13(7-9-15)20-19(21(29)14-4-2-1-3-5-14)22(30)23(31)28(20)24-27-17-11-10-16(26)12-18(17)32-24/h1-12,20,29H/b21-19+/t20-/m0/s1. The lowest BCUT2D eigenvalue weighted by atomic mass is 9.95. The minimum atomic E-state index is -1.03. The zero-order valence-electron chi connectivity index (χ0n) is 16.3. The molecule has 1 atom stereocenters. The van der Waals surface area contributed by atoms with E-state index in [1.807, 2.05) is 0 Å². The van der Waals surface area contributed by atoms with Crippen molar-refractivity contribution in [3.63, 3.8) is 0 Å². The van der Waals surface area contributed by atoms with Crippen molar-refractivity contribution in [2.45, 2.75) is 6.04 Å². The number of halogens is 2. The van der Waals surface area contributed by atoms with E-state index in [0.717, 1.165) is 11.3 Å². The molecular weight excluding hydrogens is 434 g/mol. The number of aliphatic hydroxyl groups excluding tert-OH is 1. The SMILES string of the molecule is O=C1C(=O)N(c2nc3ccc(F)cc3s2)[C@@H](c2ccc(F)cc2)/C1=C(\O)c1ccccc1. The number of thiazole rings is 1. The lowest BCUT2D eigenvalue weighted by Gasteiger charge is -2.22. The zero-order chi connectivity index (χ0) is 22.4. The molecule has 32 heavy (non-hydrogen) atoms. The summed E-state index contributed by atoms with van der Waals surface area (Å²) in [4.78, 5) is 31.7. The van der Waals surface area contributed by atoms with Crippen LogP contribution in [0.2, 0.25) is 0 Å². The first-order chi connectivity index (χ1) is 15.4. The molecule has 1 fully saturated rings. The number of carbonyl (C=O) groups is 2. The molecule has 1 amide bonds. The van der Waals surface area contributed by atoms with Gasteiger partial charge in [0.25, 0.3) is 5.78 Å². The fourth-order valence-corrected chi connectivity index (χ4v) is 4.75. The third kappa shape index (κ3) is 3.25. The van der Waals surface area contributed by atoms with Crippen molar-refractivity contribution in [2.75, 3.05) is 4.90 Å². The van der Waals surface area contributed by atoms with E-state index < -0.39 is 29.4 Å². The van der Waals surface area contributed by atoms with Crippen molar-refractivity contribution in [2.24, 2.45) is 0 Å². The number of benzene rings is 3. The van der Waals surface area contributed by atoms with E-state index in [9.17, 15) is 23.5 Å². The van der Waals surface area contributed by atoms with Gasteiger partial charge in [0.2, 0.25) is 0 Å². The molecule has 8 heteroatoms. The number of fused-ring (bicyclic) bond motifs is 1. The summed E-state index contributed by atoms with van der Waals surface area (Å²) < 4.78 is 27.8. The topological polar surface area (TPSA) is 70.5 Å². The van der Waals surface area contributed by atoms with E-state index in [-0.39, 0.29) is 16.5 Å². The maximum atomic E-state index is 13.7. The van der Waals surface area contributed by atoms with Gasteiger partial charge in [-0.25, -0.2) is 13.8 Å². The molecule has 0 saturated carbocycles. The monoisotopic (exact) mass is 448 g/mol. The highest BCUT2D eigenvalue weighted by Gasteiger charge is 2.48. The van der Waals surface area contributed by atoms with Crippen LogP contribution in [0.25, 0.3) is 16.0 Å². The first-order valence-electron chi connectivity index (χ1n) is 9.62. The number of ketones is 1. The molecule has 0 aliphatic carbocycles. The van der Waals surface area contributed by atoms with Crippen LogP contribution >= 0.6 is 11.3 Å². The molecule has 5 nitrogen and oxygen atoms in total. The molecule has 0 spiro atoms. The van der Waals surface area contributed by atoms with Crippen molar-refractivity contribution in [1.82, 2.24) is 4.98 Å². The van der Waals surface area contributed by atoms with Gasteiger partial charge in [-0.1, -0.05) is 53.8 Å². The Balaban J connectivity index is 1.73. The zero-order valence-corrected chi connectivity index (χ0v) is 17.1. The second-order valence-electron chi connectivity index (χ2n) is 7.20. The maximum Gasteiger partial charge on any atom is 0.301 e. The normalized spacial score (nSPS) is 17.9. The highest BCUT2D eigenvalue weighted by Crippen LogP contribution is 2.44. The number of aromatic nitrogens is 1. The number of aliphatic hydroxyl groups is 1. The Kier molecular flexibility index (Phi) is 4.79. The van der Waals surface area contributed by atoms with Gasteiger partial charge in [0.15, 0.2) is 5.13 Å². The summed E-state index contributed by atoms with van der Waals surface area (Å²) >= 11 is 1.05. The number of rotatable bonds is 3. The molecule has 1 aliphatic heterocycles. The molecule has 158 valence electrons. The summed E-state index contributed by atoms with van der Waals surface area (Å²) in [6, 6.07) is 16.7. The highest BCUT2D eigenvalue weighted by atomic mass is 32.1. The lowest BCUT2D eigenvalue weighted by Crippen LogP contribution is -2.29. The number of anilines is 1. The molecular formula is C24H14F2N2O3S. The minimum Gasteiger partial charge on any atom is -0.507 e. The first kappa shape index (κ1) is 20.0. The van der Waals surface area contributed by atoms with Crippen molar-refractivity contribution in [1.29, 1.82) is 0 Å². The fourth-order valence-electron chi connectivity index (χ4n) is 3.73. The third-order valence-electron chi connectivity index (χ3n) is 5.22. The average Bonchev–Trinajstić information content (AvgIpc) is 3.32. The number of Topliss-reactive ketones (excluding diaryl/α,β-unsaturated/α-hetero) is 1. The lowest BCUT2D eigenvalue weighted by molar-refractivity contribution is -0.132. The van der Waals surface area contributed by atoms with Gasteiger partial charge in [0.05, 0.1) is 21.8 Å². The molecule has 0 radical (unpaired) electrons. The van der Waals surface area contributed by atoms with Crippen LogP contribution in [0.1, 0.15) is 17.2 Å². The molecule has 0 unspecified atom stereocenters. The quantitative estimate of drug-likeness (QED) is 0.266. The van der Waals surface area contributed by atoms with E-state index in [0.29, 0.717) is 21.3 Å². The Labute approximate surface area is 184 Å². The summed E-state index contributed by atoms with van der Waals surface area (Å²) in [5, 5.41) is 11.2. The van der Waals surface area contributed by atoms with Gasteiger partial charge >= 0.3 is 5.91 Å². The van der Waals surface area contributed by atoms with E-state index in [2.05, 4.69) is 4.98 Å². The van der Waals surface area contributed by atoms with Gasteiger partial charge in [-0.3, -0.25) is 14.5 Å². The second-order valence-corrected chi connectivity index (χ2v) is 8.20. The highest BCUT2D eigenvalue weighted by molar-refractivity contribution is 7.22. The predicted molar refractivity (Wildman–Crippen MR) is 117 cm³/mol. The molecule has 1 aliphatic rings. The summed E-state index contributed by atoms with van der Waals surface area (Å²) in [7, 11) is 0. The molecule has 5 rings (SSSR count). The molecule has 3 aromatic carbocycles. The number of nitrogens with zero attached hydrogens (tertiary/aromatic N) is 2. The van der Waals surface area contributed by atoms with E-state index in [4.69, 9.17) is 0 Å². The first-order valence-corrected chi connectivity index (χ1v) is 10.4. The number of hydrogen-bond donors (Lipinski definition) is 1. The molecule has 4 aromatic rings. The smallest absolute Gasteiger partial charge is 0.301 e. The summed E-state index contributed by atoms with van der Waals surface area (Å²) in [6.07, 6.45) is 0. The predicted octanol–water partition coefficient (Wildman–Crippen LogP) is 5.20. The number of hydrogen-bond acceptors (Lipinski definition) is 5. The molecule has 1 saturated heterocycles. The van der Waals surface area contributed by atoms with Crippen molar-refractivity contribution in [3.05, 3.63) is 101 Å². The Morgan fingerprint density at radius 3 is 2.34 bits per heavy atom. The van der Waals surface area contributed by atoms with Crippen LogP contribution in [0.3, 0.4) is 0 Å². The van der Waals surface area contributed by atoms with E-state index in [1.54, 1.807) is 30.3 Å². The van der Waals surface area contributed by atoms with Crippen LogP contribution in [0.5, 0.6) is 0 Å². The molecule has 2 heterocycles. The largest absolute Gasteiger partial charge is 0.507 e. The third-order valence-corrected chi connectivity index (χ3v) is 6.24. The van der Waals surface area contributed by atoms with Crippen LogP contribution < -0.4 is 4.90 Å².